The second-order valence-electron chi connectivity index (χ2n) is 5.26. The lowest BCUT2D eigenvalue weighted by molar-refractivity contribution is -0.190. The van der Waals surface area contributed by atoms with Crippen molar-refractivity contribution >= 4 is 23.2 Å². The number of imidazole rings is 1. The molecule has 1 aliphatic rings. The van der Waals surface area contributed by atoms with Crippen LogP contribution in [0.1, 0.15) is 31.0 Å². The van der Waals surface area contributed by atoms with Gasteiger partial charge in [0.2, 0.25) is 5.79 Å². The van der Waals surface area contributed by atoms with Gasteiger partial charge in [-0.1, -0.05) is 36.2 Å². The van der Waals surface area contributed by atoms with Gasteiger partial charge in [0.05, 0.1) is 30.0 Å². The number of hydrogen-bond donors (Lipinski definition) is 1. The minimum absolute atomic E-state index is 0.0119. The molecule has 0 amide bonds. The molecule has 1 N–H and O–H groups in total. The zero-order chi connectivity index (χ0) is 15.0. The molecule has 1 saturated heterocycles. The van der Waals surface area contributed by atoms with E-state index in [1.54, 1.807) is 24.7 Å². The molecule has 2 aromatic rings. The lowest BCUT2D eigenvalue weighted by Gasteiger charge is -2.34. The molecule has 4 nitrogen and oxygen atoms in total. The van der Waals surface area contributed by atoms with Crippen LogP contribution in [0, 0.1) is 0 Å². The minimum Gasteiger partial charge on any atom is -0.348 e. The van der Waals surface area contributed by atoms with Crippen LogP contribution in [0.2, 0.25) is 10.0 Å². The van der Waals surface area contributed by atoms with E-state index in [4.69, 9.17) is 32.7 Å². The van der Waals surface area contributed by atoms with Gasteiger partial charge in [-0.3, -0.25) is 0 Å². The lowest BCUT2D eigenvalue weighted by Crippen LogP contribution is -2.34. The Balaban J connectivity index is 2.09. The summed E-state index contributed by atoms with van der Waals surface area (Å²) in [5, 5.41) is 1.11. The second kappa shape index (κ2) is 5.61. The summed E-state index contributed by atoms with van der Waals surface area (Å²) < 4.78 is 12.2. The van der Waals surface area contributed by atoms with E-state index in [1.165, 1.54) is 0 Å². The van der Waals surface area contributed by atoms with Crippen LogP contribution in [-0.4, -0.2) is 22.7 Å². The van der Waals surface area contributed by atoms with Crippen LogP contribution < -0.4 is 0 Å². The Labute approximate surface area is 133 Å². The first-order valence-corrected chi connectivity index (χ1v) is 7.54. The topological polar surface area (TPSA) is 47.1 Å². The molecule has 0 aliphatic carbocycles. The Morgan fingerprint density at radius 1 is 1.43 bits per heavy atom. The van der Waals surface area contributed by atoms with Gasteiger partial charge >= 0.3 is 0 Å². The highest BCUT2D eigenvalue weighted by molar-refractivity contribution is 6.35. The fourth-order valence-electron chi connectivity index (χ4n) is 2.69. The van der Waals surface area contributed by atoms with Crippen molar-refractivity contribution in [2.45, 2.75) is 31.7 Å². The third-order valence-corrected chi connectivity index (χ3v) is 4.32. The normalized spacial score (nSPS) is 27.0. The van der Waals surface area contributed by atoms with Gasteiger partial charge < -0.3 is 14.5 Å². The Morgan fingerprint density at radius 2 is 2.24 bits per heavy atom. The number of H-pyrrole nitrogens is 1. The van der Waals surface area contributed by atoms with E-state index in [0.29, 0.717) is 16.7 Å². The van der Waals surface area contributed by atoms with Crippen LogP contribution in [0.3, 0.4) is 0 Å². The molecule has 0 bridgehead atoms. The van der Waals surface area contributed by atoms with E-state index in [1.807, 2.05) is 19.9 Å². The standard InChI is InChI=1S/C15H16Cl2N2O2/c1-9-7-20-15(21-9,10(2)14-6-18-8-19-14)12-4-3-11(16)5-13(12)17/h3-6,8-10H,7H2,1-2H3,(H,18,19). The van der Waals surface area contributed by atoms with Gasteiger partial charge in [-0.15, -0.1) is 0 Å². The van der Waals surface area contributed by atoms with Gasteiger partial charge in [0.15, 0.2) is 0 Å². The lowest BCUT2D eigenvalue weighted by atomic mass is 9.90. The molecule has 1 aromatic heterocycles. The quantitative estimate of drug-likeness (QED) is 0.923. The largest absolute Gasteiger partial charge is 0.348 e. The number of halogens is 2. The third-order valence-electron chi connectivity index (χ3n) is 3.77. The van der Waals surface area contributed by atoms with Gasteiger partial charge in [0.1, 0.15) is 0 Å². The first-order chi connectivity index (χ1) is 10.0. The minimum atomic E-state index is -0.937. The maximum absolute atomic E-state index is 6.38. The third kappa shape index (κ3) is 2.57. The summed E-state index contributed by atoms with van der Waals surface area (Å²) in [7, 11) is 0. The molecule has 0 radical (unpaired) electrons. The summed E-state index contributed by atoms with van der Waals surface area (Å²) in [5.74, 6) is -1.03. The molecule has 3 rings (SSSR count). The molecule has 1 fully saturated rings. The van der Waals surface area contributed by atoms with Crippen LogP contribution in [0.25, 0.3) is 0 Å². The molecular formula is C15H16Cl2N2O2. The number of rotatable bonds is 3. The van der Waals surface area contributed by atoms with Crippen molar-refractivity contribution in [3.05, 3.63) is 52.0 Å². The van der Waals surface area contributed by atoms with Crippen LogP contribution in [0.15, 0.2) is 30.7 Å². The number of benzene rings is 1. The Kier molecular flexibility index (Phi) is 3.97. The van der Waals surface area contributed by atoms with Crippen molar-refractivity contribution in [2.24, 2.45) is 0 Å². The van der Waals surface area contributed by atoms with Crippen LogP contribution in [0.4, 0.5) is 0 Å². The molecular weight excluding hydrogens is 311 g/mol. The average molecular weight is 327 g/mol. The molecule has 1 aromatic carbocycles. The number of ether oxygens (including phenoxy) is 2. The van der Waals surface area contributed by atoms with E-state index in [2.05, 4.69) is 9.97 Å². The number of aromatic amines is 1. The second-order valence-corrected chi connectivity index (χ2v) is 6.10. The first kappa shape index (κ1) is 14.9. The fourth-order valence-corrected chi connectivity index (χ4v) is 3.23. The summed E-state index contributed by atoms with van der Waals surface area (Å²) >= 11 is 12.4. The van der Waals surface area contributed by atoms with Gasteiger partial charge in [-0.2, -0.15) is 0 Å². The predicted octanol–water partition coefficient (Wildman–Crippen LogP) is 4.11. The Hall–Kier alpha value is -1.07. The number of nitrogens with zero attached hydrogens (tertiary/aromatic N) is 1. The van der Waals surface area contributed by atoms with E-state index >= 15 is 0 Å². The average Bonchev–Trinajstić information content (AvgIpc) is 3.08. The summed E-state index contributed by atoms with van der Waals surface area (Å²) in [5.41, 5.74) is 1.70. The van der Waals surface area contributed by atoms with E-state index < -0.39 is 5.79 Å². The van der Waals surface area contributed by atoms with Crippen LogP contribution in [-0.2, 0) is 15.3 Å². The maximum atomic E-state index is 6.38. The zero-order valence-electron chi connectivity index (χ0n) is 11.8. The van der Waals surface area contributed by atoms with Gasteiger partial charge in [-0.05, 0) is 19.1 Å². The summed E-state index contributed by atoms with van der Waals surface area (Å²) in [6.45, 7) is 4.51. The molecule has 3 unspecified atom stereocenters. The number of nitrogens with one attached hydrogen (secondary N) is 1. The Bertz CT molecular complexity index is 633. The molecule has 3 atom stereocenters. The summed E-state index contributed by atoms with van der Waals surface area (Å²) in [6, 6.07) is 5.35. The number of aromatic nitrogens is 2. The summed E-state index contributed by atoms with van der Waals surface area (Å²) in [4.78, 5) is 7.19. The van der Waals surface area contributed by atoms with Crippen molar-refractivity contribution in [2.75, 3.05) is 6.61 Å². The van der Waals surface area contributed by atoms with Crippen molar-refractivity contribution in [3.63, 3.8) is 0 Å². The monoisotopic (exact) mass is 326 g/mol. The van der Waals surface area contributed by atoms with Crippen LogP contribution >= 0.6 is 23.2 Å². The smallest absolute Gasteiger partial charge is 0.205 e. The molecule has 6 heteroatoms. The van der Waals surface area contributed by atoms with Crippen molar-refractivity contribution in [1.82, 2.24) is 9.97 Å². The molecule has 0 spiro atoms. The zero-order valence-corrected chi connectivity index (χ0v) is 13.3. The van der Waals surface area contributed by atoms with E-state index in [0.717, 1.165) is 11.3 Å². The molecule has 1 aliphatic heterocycles. The maximum Gasteiger partial charge on any atom is 0.205 e. The predicted molar refractivity (Wildman–Crippen MR) is 81.6 cm³/mol. The van der Waals surface area contributed by atoms with Crippen molar-refractivity contribution in [3.8, 4) is 0 Å². The van der Waals surface area contributed by atoms with Gasteiger partial charge in [-0.25, -0.2) is 4.98 Å². The highest BCUT2D eigenvalue weighted by Crippen LogP contribution is 2.47. The van der Waals surface area contributed by atoms with Crippen molar-refractivity contribution < 1.29 is 9.47 Å². The van der Waals surface area contributed by atoms with E-state index in [9.17, 15) is 0 Å². The molecule has 0 saturated carbocycles. The van der Waals surface area contributed by atoms with Crippen molar-refractivity contribution in [1.29, 1.82) is 0 Å². The first-order valence-electron chi connectivity index (χ1n) is 6.78. The highest BCUT2D eigenvalue weighted by Gasteiger charge is 2.48. The van der Waals surface area contributed by atoms with E-state index in [-0.39, 0.29) is 12.0 Å². The van der Waals surface area contributed by atoms with Gasteiger partial charge in [0, 0.05) is 22.5 Å². The molecule has 112 valence electrons. The Morgan fingerprint density at radius 3 is 2.81 bits per heavy atom. The fraction of sp³-hybridized carbons (Fsp3) is 0.400. The molecule has 2 heterocycles. The summed E-state index contributed by atoms with van der Waals surface area (Å²) in [6.07, 6.45) is 3.40. The highest BCUT2D eigenvalue weighted by atomic mass is 35.5. The molecule has 21 heavy (non-hydrogen) atoms. The SMILES string of the molecule is CC1COC(c2ccc(Cl)cc2Cl)(C(C)c2cnc[nH]2)O1. The van der Waals surface area contributed by atoms with Crippen LogP contribution in [0.5, 0.6) is 0 Å². The number of hydrogen-bond acceptors (Lipinski definition) is 3. The van der Waals surface area contributed by atoms with Gasteiger partial charge in [0.25, 0.3) is 0 Å².